The summed E-state index contributed by atoms with van der Waals surface area (Å²) in [5, 5.41) is 9.90. The van der Waals surface area contributed by atoms with Gasteiger partial charge in [0.05, 0.1) is 12.0 Å². The molecule has 3 fully saturated rings. The van der Waals surface area contributed by atoms with E-state index in [2.05, 4.69) is 20.9 Å². The van der Waals surface area contributed by atoms with Crippen molar-refractivity contribution in [1.82, 2.24) is 10.2 Å². The van der Waals surface area contributed by atoms with Crippen LogP contribution in [-0.2, 0) is 0 Å². The zero-order chi connectivity index (χ0) is 22.1. The van der Waals surface area contributed by atoms with Crippen LogP contribution in [0, 0.1) is 5.92 Å². The molecule has 2 bridgehead atoms. The van der Waals surface area contributed by atoms with Crippen LogP contribution >= 0.6 is 11.3 Å². The molecule has 6 rings (SSSR count). The molecule has 7 nitrogen and oxygen atoms in total. The monoisotopic (exact) mass is 450 g/mol. The van der Waals surface area contributed by atoms with Gasteiger partial charge in [-0.25, -0.2) is 4.79 Å². The van der Waals surface area contributed by atoms with Gasteiger partial charge in [0.1, 0.15) is 5.75 Å². The van der Waals surface area contributed by atoms with Crippen molar-refractivity contribution in [3.05, 3.63) is 53.4 Å². The number of anilines is 2. The number of methoxy groups -OCH3 is 1. The quantitative estimate of drug-likeness (QED) is 0.539. The highest BCUT2D eigenvalue weighted by Crippen LogP contribution is 2.31. The number of carbonyl (C=O) groups excluding carboxylic acids is 2. The van der Waals surface area contributed by atoms with Crippen molar-refractivity contribution in [2.45, 2.75) is 18.9 Å². The Labute approximate surface area is 190 Å². The van der Waals surface area contributed by atoms with Crippen molar-refractivity contribution in [3.8, 4) is 5.75 Å². The Bertz CT molecular complexity index is 1150. The molecule has 4 heterocycles. The summed E-state index contributed by atoms with van der Waals surface area (Å²) in [7, 11) is 1.58. The maximum absolute atomic E-state index is 12.9. The molecule has 1 aromatic heterocycles. The number of carbonyl (C=O) groups is 2. The van der Waals surface area contributed by atoms with Crippen molar-refractivity contribution < 1.29 is 14.3 Å². The molecule has 1 unspecified atom stereocenters. The van der Waals surface area contributed by atoms with E-state index in [0.29, 0.717) is 27.9 Å². The van der Waals surface area contributed by atoms with Gasteiger partial charge in [-0.2, -0.15) is 0 Å². The number of hydrogen-bond donors (Lipinski definition) is 3. The minimum absolute atomic E-state index is 0.00442. The van der Waals surface area contributed by atoms with E-state index in [-0.39, 0.29) is 18.0 Å². The van der Waals surface area contributed by atoms with Gasteiger partial charge in [0.25, 0.3) is 5.91 Å². The number of benzene rings is 2. The highest BCUT2D eigenvalue weighted by molar-refractivity contribution is 7.20. The van der Waals surface area contributed by atoms with Crippen LogP contribution in [0.2, 0.25) is 0 Å². The number of fused-ring (bicyclic) bond motifs is 4. The molecule has 1 atom stereocenters. The fourth-order valence-corrected chi connectivity index (χ4v) is 5.59. The second-order valence-electron chi connectivity index (χ2n) is 8.39. The van der Waals surface area contributed by atoms with Crippen molar-refractivity contribution in [3.63, 3.8) is 0 Å². The minimum atomic E-state index is -0.338. The maximum atomic E-state index is 12.9. The molecule has 3 saturated heterocycles. The van der Waals surface area contributed by atoms with E-state index in [1.165, 1.54) is 24.2 Å². The Morgan fingerprint density at radius 1 is 1.03 bits per heavy atom. The molecule has 0 radical (unpaired) electrons. The molecular weight excluding hydrogens is 424 g/mol. The zero-order valence-corrected chi connectivity index (χ0v) is 18.7. The predicted molar refractivity (Wildman–Crippen MR) is 128 cm³/mol. The molecule has 32 heavy (non-hydrogen) atoms. The smallest absolute Gasteiger partial charge is 0.323 e. The fourth-order valence-electron chi connectivity index (χ4n) is 4.58. The lowest BCUT2D eigenvalue weighted by atomic mass is 9.84. The van der Waals surface area contributed by atoms with Crippen LogP contribution in [0.5, 0.6) is 5.75 Å². The molecule has 3 aromatic rings. The molecule has 3 aliphatic heterocycles. The Morgan fingerprint density at radius 2 is 1.81 bits per heavy atom. The van der Waals surface area contributed by atoms with E-state index < -0.39 is 0 Å². The van der Waals surface area contributed by atoms with Gasteiger partial charge in [-0.05, 0) is 67.6 Å². The summed E-state index contributed by atoms with van der Waals surface area (Å²) in [6.45, 7) is 3.26. The van der Waals surface area contributed by atoms with E-state index in [0.717, 1.165) is 29.7 Å². The summed E-state index contributed by atoms with van der Waals surface area (Å²) in [5.41, 5.74) is 1.31. The third-order valence-corrected chi connectivity index (χ3v) is 7.40. The third kappa shape index (κ3) is 4.42. The first-order chi connectivity index (χ1) is 15.6. The number of thiophene rings is 1. The van der Waals surface area contributed by atoms with Gasteiger partial charge in [-0.15, -0.1) is 11.3 Å². The first kappa shape index (κ1) is 20.8. The van der Waals surface area contributed by atoms with Crippen LogP contribution in [0.1, 0.15) is 22.5 Å². The molecular formula is C24H26N4O3S. The number of rotatable bonds is 5. The summed E-state index contributed by atoms with van der Waals surface area (Å²) in [6, 6.07) is 14.7. The second kappa shape index (κ2) is 8.80. The first-order valence-electron chi connectivity index (χ1n) is 10.9. The summed E-state index contributed by atoms with van der Waals surface area (Å²) in [5.74, 6) is 1.26. The molecule has 2 aromatic carbocycles. The van der Waals surface area contributed by atoms with Crippen molar-refractivity contribution in [2.24, 2.45) is 5.92 Å². The Kier molecular flexibility index (Phi) is 5.71. The number of amides is 3. The maximum Gasteiger partial charge on any atom is 0.323 e. The largest absolute Gasteiger partial charge is 0.497 e. The molecule has 3 N–H and O–H groups in total. The van der Waals surface area contributed by atoms with Gasteiger partial charge >= 0.3 is 6.03 Å². The van der Waals surface area contributed by atoms with Gasteiger partial charge in [0.15, 0.2) is 0 Å². The molecule has 3 amide bonds. The van der Waals surface area contributed by atoms with E-state index in [1.54, 1.807) is 19.2 Å². The van der Waals surface area contributed by atoms with Crippen LogP contribution in [0.4, 0.5) is 16.2 Å². The van der Waals surface area contributed by atoms with Crippen LogP contribution in [-0.4, -0.2) is 49.6 Å². The zero-order valence-electron chi connectivity index (χ0n) is 17.9. The SMILES string of the molecule is COc1cccc(NC(=O)Nc2ccc3cc(C(=O)NC4CN5CCC4CC5)sc3c2)c1. The van der Waals surface area contributed by atoms with Gasteiger partial charge in [0, 0.05) is 34.7 Å². The van der Waals surface area contributed by atoms with Crippen LogP contribution < -0.4 is 20.7 Å². The van der Waals surface area contributed by atoms with E-state index in [4.69, 9.17) is 4.74 Å². The predicted octanol–water partition coefficient (Wildman–Crippen LogP) is 4.38. The van der Waals surface area contributed by atoms with E-state index >= 15 is 0 Å². The lowest BCUT2D eigenvalue weighted by Gasteiger charge is -2.44. The van der Waals surface area contributed by atoms with Crippen molar-refractivity contribution in [2.75, 3.05) is 37.4 Å². The molecule has 166 valence electrons. The third-order valence-electron chi connectivity index (χ3n) is 6.30. The Balaban J connectivity index is 1.24. The first-order valence-corrected chi connectivity index (χ1v) is 11.7. The van der Waals surface area contributed by atoms with Crippen LogP contribution in [0.15, 0.2) is 48.5 Å². The lowest BCUT2D eigenvalue weighted by molar-refractivity contribution is 0.0622. The summed E-state index contributed by atoms with van der Waals surface area (Å²) in [4.78, 5) is 28.4. The summed E-state index contributed by atoms with van der Waals surface area (Å²) < 4.78 is 6.14. The normalized spacial score (nSPS) is 21.8. The highest BCUT2D eigenvalue weighted by atomic mass is 32.1. The van der Waals surface area contributed by atoms with Crippen molar-refractivity contribution in [1.29, 1.82) is 0 Å². The molecule has 0 saturated carbocycles. The molecule has 0 spiro atoms. The fraction of sp³-hybridized carbons (Fsp3) is 0.333. The van der Waals surface area contributed by atoms with Gasteiger partial charge in [-0.1, -0.05) is 12.1 Å². The molecule has 0 aliphatic carbocycles. The van der Waals surface area contributed by atoms with Crippen LogP contribution in [0.3, 0.4) is 0 Å². The number of ether oxygens (including phenoxy) is 1. The number of nitrogens with one attached hydrogen (secondary N) is 3. The van der Waals surface area contributed by atoms with Gasteiger partial charge < -0.3 is 25.6 Å². The van der Waals surface area contributed by atoms with Crippen molar-refractivity contribution >= 4 is 44.7 Å². The van der Waals surface area contributed by atoms with E-state index in [1.807, 2.05) is 36.4 Å². The average molecular weight is 451 g/mol. The molecule has 3 aliphatic rings. The Hall–Kier alpha value is -3.10. The number of nitrogens with zero attached hydrogens (tertiary/aromatic N) is 1. The summed E-state index contributed by atoms with van der Waals surface area (Å²) in [6.07, 6.45) is 2.34. The van der Waals surface area contributed by atoms with Crippen LogP contribution in [0.25, 0.3) is 10.1 Å². The topological polar surface area (TPSA) is 82.7 Å². The molecule has 8 heteroatoms. The standard InChI is InChI=1S/C24H26N4O3S/c1-31-19-4-2-3-17(12-19)25-24(30)26-18-6-5-16-11-22(32-21(16)13-18)23(29)27-20-14-28-9-7-15(20)8-10-28/h2-6,11-13,15,20H,7-10,14H2,1H3,(H,27,29)(H2,25,26,30). The van der Waals surface area contributed by atoms with Gasteiger partial charge in [0.2, 0.25) is 0 Å². The average Bonchev–Trinajstić information content (AvgIpc) is 3.23. The number of piperidine rings is 3. The van der Waals surface area contributed by atoms with Gasteiger partial charge in [-0.3, -0.25) is 4.79 Å². The van der Waals surface area contributed by atoms with E-state index in [9.17, 15) is 9.59 Å². The highest BCUT2D eigenvalue weighted by Gasteiger charge is 2.35. The minimum Gasteiger partial charge on any atom is -0.497 e. The Morgan fingerprint density at radius 3 is 2.53 bits per heavy atom. The number of urea groups is 1. The lowest BCUT2D eigenvalue weighted by Crippen LogP contribution is -2.57. The number of hydrogen-bond acceptors (Lipinski definition) is 5. The second-order valence-corrected chi connectivity index (χ2v) is 9.48. The summed E-state index contributed by atoms with van der Waals surface area (Å²) >= 11 is 1.45.